The highest BCUT2D eigenvalue weighted by atomic mass is 32.2. The van der Waals surface area contributed by atoms with Crippen molar-refractivity contribution in [3.63, 3.8) is 0 Å². The maximum atomic E-state index is 14.5. The van der Waals surface area contributed by atoms with Crippen molar-refractivity contribution in [3.05, 3.63) is 89.2 Å². The summed E-state index contributed by atoms with van der Waals surface area (Å²) in [6.45, 7) is 8.84. The Bertz CT molecular complexity index is 1210. The number of hydrogen-bond acceptors (Lipinski definition) is 3. The standard InChI is InChI=1S/C28H33FO3S/c1-7-33(30,31)27-18-21(19(2)15-16-32-6)11-12-26(27)25-14-13-24(20(25)3)22-9-8-10-23(17-22)28(4,5)29/h8-20H,7H2,1-6H3/b16-15+. The highest BCUT2D eigenvalue weighted by Gasteiger charge is 2.28. The second-order valence-corrected chi connectivity index (χ2v) is 11.3. The van der Waals surface area contributed by atoms with Crippen LogP contribution in [0.2, 0.25) is 0 Å². The van der Waals surface area contributed by atoms with E-state index in [0.29, 0.717) is 10.5 Å². The van der Waals surface area contributed by atoms with Gasteiger partial charge >= 0.3 is 0 Å². The Morgan fingerprint density at radius 3 is 2.45 bits per heavy atom. The van der Waals surface area contributed by atoms with E-state index in [-0.39, 0.29) is 17.6 Å². The third-order valence-corrected chi connectivity index (χ3v) is 8.09. The van der Waals surface area contributed by atoms with Crippen LogP contribution in [0.5, 0.6) is 0 Å². The lowest BCUT2D eigenvalue weighted by Crippen LogP contribution is -2.11. The highest BCUT2D eigenvalue weighted by molar-refractivity contribution is 7.91. The molecule has 2 atom stereocenters. The van der Waals surface area contributed by atoms with E-state index in [1.807, 2.05) is 55.5 Å². The molecule has 176 valence electrons. The third kappa shape index (κ3) is 5.30. The van der Waals surface area contributed by atoms with Crippen LogP contribution in [0, 0.1) is 5.92 Å². The maximum Gasteiger partial charge on any atom is 0.178 e. The minimum atomic E-state index is -3.44. The first-order valence-electron chi connectivity index (χ1n) is 11.3. The van der Waals surface area contributed by atoms with Gasteiger partial charge in [-0.1, -0.05) is 63.3 Å². The van der Waals surface area contributed by atoms with Crippen molar-refractivity contribution < 1.29 is 17.5 Å². The predicted octanol–water partition coefficient (Wildman–Crippen LogP) is 7.07. The van der Waals surface area contributed by atoms with Crippen molar-refractivity contribution in [1.82, 2.24) is 0 Å². The van der Waals surface area contributed by atoms with Gasteiger partial charge in [0.15, 0.2) is 9.84 Å². The van der Waals surface area contributed by atoms with Gasteiger partial charge in [-0.2, -0.15) is 0 Å². The van der Waals surface area contributed by atoms with Crippen molar-refractivity contribution >= 4 is 21.0 Å². The van der Waals surface area contributed by atoms with E-state index in [0.717, 1.165) is 27.8 Å². The molecule has 0 saturated heterocycles. The molecule has 3 rings (SSSR count). The lowest BCUT2D eigenvalue weighted by molar-refractivity contribution is 0.221. The maximum absolute atomic E-state index is 14.5. The van der Waals surface area contributed by atoms with Gasteiger partial charge in [-0.25, -0.2) is 12.8 Å². The lowest BCUT2D eigenvalue weighted by atomic mass is 9.86. The lowest BCUT2D eigenvalue weighted by Gasteiger charge is -2.21. The van der Waals surface area contributed by atoms with Crippen LogP contribution in [0.1, 0.15) is 62.8 Å². The van der Waals surface area contributed by atoms with Gasteiger partial charge in [0, 0.05) is 11.8 Å². The van der Waals surface area contributed by atoms with Gasteiger partial charge in [0.2, 0.25) is 0 Å². The number of allylic oxidation sites excluding steroid dienone is 5. The molecule has 3 nitrogen and oxygen atoms in total. The number of ether oxygens (including phenoxy) is 1. The molecule has 0 heterocycles. The van der Waals surface area contributed by atoms with Crippen LogP contribution in [0.4, 0.5) is 4.39 Å². The minimum absolute atomic E-state index is 0.0141. The molecule has 0 saturated carbocycles. The Morgan fingerprint density at radius 1 is 1.12 bits per heavy atom. The first-order valence-corrected chi connectivity index (χ1v) is 12.9. The SMILES string of the molecule is CCS(=O)(=O)c1cc(C(C)/C=C/OC)ccc1C1=CC=C(c2cccc(C(C)(C)F)c2)C1C. The van der Waals surface area contributed by atoms with Gasteiger partial charge in [-0.3, -0.25) is 0 Å². The molecule has 0 aliphatic heterocycles. The number of hydrogen-bond donors (Lipinski definition) is 0. The van der Waals surface area contributed by atoms with Gasteiger partial charge < -0.3 is 4.74 Å². The third-order valence-electron chi connectivity index (χ3n) is 6.32. The molecule has 0 spiro atoms. The highest BCUT2D eigenvalue weighted by Crippen LogP contribution is 2.43. The fraction of sp³-hybridized carbons (Fsp3) is 0.357. The number of benzene rings is 2. The monoisotopic (exact) mass is 468 g/mol. The van der Waals surface area contributed by atoms with Crippen molar-refractivity contribution in [2.24, 2.45) is 5.92 Å². The van der Waals surface area contributed by atoms with Crippen molar-refractivity contribution in [2.45, 2.75) is 51.1 Å². The smallest absolute Gasteiger partial charge is 0.178 e. The normalized spacial score (nSPS) is 17.7. The van der Waals surface area contributed by atoms with Crippen molar-refractivity contribution in [3.8, 4) is 0 Å². The molecule has 1 aliphatic rings. The van der Waals surface area contributed by atoms with Gasteiger partial charge in [-0.15, -0.1) is 0 Å². The number of rotatable bonds is 8. The molecule has 2 unspecified atom stereocenters. The van der Waals surface area contributed by atoms with Gasteiger partial charge in [0.25, 0.3) is 0 Å². The molecule has 0 amide bonds. The molecule has 0 radical (unpaired) electrons. The van der Waals surface area contributed by atoms with Crippen molar-refractivity contribution in [1.29, 1.82) is 0 Å². The van der Waals surface area contributed by atoms with E-state index in [4.69, 9.17) is 4.74 Å². The molecule has 2 aromatic rings. The van der Waals surface area contributed by atoms with E-state index in [1.54, 1.807) is 46.3 Å². The molecule has 2 aromatic carbocycles. The summed E-state index contributed by atoms with van der Waals surface area (Å²) in [5.74, 6) is 0.0205. The Kier molecular flexibility index (Phi) is 7.32. The summed E-state index contributed by atoms with van der Waals surface area (Å²) >= 11 is 0. The quantitative estimate of drug-likeness (QED) is 0.389. The van der Waals surface area contributed by atoms with Gasteiger partial charge in [0.1, 0.15) is 5.67 Å². The minimum Gasteiger partial charge on any atom is -0.505 e. The Hall–Kier alpha value is -2.66. The molecule has 0 N–H and O–H groups in total. The van der Waals surface area contributed by atoms with Crippen LogP contribution in [0.15, 0.2) is 71.9 Å². The summed E-state index contributed by atoms with van der Waals surface area (Å²) in [6, 6.07) is 13.2. The van der Waals surface area contributed by atoms with Crippen LogP contribution >= 0.6 is 0 Å². The van der Waals surface area contributed by atoms with Gasteiger partial charge in [0.05, 0.1) is 24.0 Å². The molecular formula is C28H33FO3S. The fourth-order valence-corrected chi connectivity index (χ4v) is 5.30. The first kappa shape index (κ1) is 25.0. The molecule has 33 heavy (non-hydrogen) atoms. The van der Waals surface area contributed by atoms with E-state index < -0.39 is 15.5 Å². The number of alkyl halides is 1. The topological polar surface area (TPSA) is 43.4 Å². The van der Waals surface area contributed by atoms with Gasteiger partial charge in [-0.05, 0) is 65.5 Å². The number of halogens is 1. The van der Waals surface area contributed by atoms with E-state index in [9.17, 15) is 12.8 Å². The number of sulfone groups is 1. The summed E-state index contributed by atoms with van der Waals surface area (Å²) in [7, 11) is -1.86. The molecular weight excluding hydrogens is 435 g/mol. The summed E-state index contributed by atoms with van der Waals surface area (Å²) in [6.07, 6.45) is 7.51. The summed E-state index contributed by atoms with van der Waals surface area (Å²) in [5.41, 5.74) is 3.79. The van der Waals surface area contributed by atoms with Crippen LogP contribution in [-0.4, -0.2) is 21.3 Å². The summed E-state index contributed by atoms with van der Waals surface area (Å²) in [4.78, 5) is 0.353. The second-order valence-electron chi connectivity index (χ2n) is 9.03. The molecule has 0 aromatic heterocycles. The zero-order valence-electron chi connectivity index (χ0n) is 20.2. The van der Waals surface area contributed by atoms with Crippen molar-refractivity contribution in [2.75, 3.05) is 12.9 Å². The zero-order valence-corrected chi connectivity index (χ0v) is 21.0. The van der Waals surface area contributed by atoms with E-state index >= 15 is 0 Å². The van der Waals surface area contributed by atoms with E-state index in [1.165, 1.54) is 0 Å². The summed E-state index contributed by atoms with van der Waals surface area (Å²) in [5, 5.41) is 0. The van der Waals surface area contributed by atoms with Crippen LogP contribution < -0.4 is 0 Å². The Morgan fingerprint density at radius 2 is 1.82 bits per heavy atom. The van der Waals surface area contributed by atoms with E-state index in [2.05, 4.69) is 6.92 Å². The zero-order chi connectivity index (χ0) is 24.4. The average Bonchev–Trinajstić information content (AvgIpc) is 3.17. The molecule has 1 aliphatic carbocycles. The average molecular weight is 469 g/mol. The van der Waals surface area contributed by atoms with Crippen LogP contribution in [-0.2, 0) is 20.2 Å². The largest absolute Gasteiger partial charge is 0.505 e. The molecule has 0 fully saturated rings. The number of methoxy groups -OCH3 is 1. The second kappa shape index (κ2) is 9.68. The summed E-state index contributed by atoms with van der Waals surface area (Å²) < 4.78 is 45.6. The fourth-order valence-electron chi connectivity index (χ4n) is 4.15. The predicted molar refractivity (Wildman–Crippen MR) is 134 cm³/mol. The molecule has 5 heteroatoms. The Balaban J connectivity index is 2.01. The first-order chi connectivity index (χ1) is 15.5. The molecule has 0 bridgehead atoms. The van der Waals surface area contributed by atoms with Crippen LogP contribution in [0.25, 0.3) is 11.1 Å². The van der Waals surface area contributed by atoms with Crippen LogP contribution in [0.3, 0.4) is 0 Å². The Labute approximate surface area is 197 Å².